The molecule has 0 aliphatic carbocycles. The van der Waals surface area contributed by atoms with Crippen LogP contribution < -0.4 is 0 Å². The molecule has 86 valence electrons. The molecular weight excluding hydrogens is 339 g/mol. The minimum atomic E-state index is -0.253. The molecule has 0 bridgehead atoms. The predicted molar refractivity (Wildman–Crippen MR) is 79.9 cm³/mol. The Bertz CT molecular complexity index is 293. The van der Waals surface area contributed by atoms with Crippen molar-refractivity contribution in [2.75, 3.05) is 10.2 Å². The highest BCUT2D eigenvalue weighted by molar-refractivity contribution is 14.1. The third kappa shape index (κ3) is 3.97. The van der Waals surface area contributed by atoms with Crippen LogP contribution in [0.4, 0.5) is 0 Å². The maximum atomic E-state index is 11.8. The van der Waals surface area contributed by atoms with Gasteiger partial charge in [0.1, 0.15) is 0 Å². The molecule has 4 heteroatoms. The molecule has 0 unspecified atom stereocenters. The first kappa shape index (κ1) is 13.9. The molecule has 1 saturated heterocycles. The average Bonchev–Trinajstić information content (AvgIpc) is 2.47. The van der Waals surface area contributed by atoms with E-state index in [0.29, 0.717) is 4.75 Å². The standard InChI is InChI=1S/C11H17IOS2/c1-10(2,3)8(13)5-9-14-7-11(4,6-12)15-9/h5H,6-7H2,1-4H3/b9-5-/t11-/m1/s1. The Morgan fingerprint density at radius 2 is 2.20 bits per heavy atom. The van der Waals surface area contributed by atoms with Gasteiger partial charge < -0.3 is 0 Å². The summed E-state index contributed by atoms with van der Waals surface area (Å²) in [6, 6.07) is 0. The smallest absolute Gasteiger partial charge is 0.162 e. The Balaban J connectivity index is 2.69. The highest BCUT2D eigenvalue weighted by Crippen LogP contribution is 2.49. The van der Waals surface area contributed by atoms with E-state index in [1.54, 1.807) is 0 Å². The lowest BCUT2D eigenvalue weighted by molar-refractivity contribution is -0.121. The van der Waals surface area contributed by atoms with Crippen molar-refractivity contribution in [1.82, 2.24) is 0 Å². The third-order valence-corrected chi connectivity index (χ3v) is 7.41. The molecule has 1 heterocycles. The van der Waals surface area contributed by atoms with Crippen LogP contribution in [0.15, 0.2) is 10.3 Å². The van der Waals surface area contributed by atoms with Gasteiger partial charge in [-0.05, 0) is 6.92 Å². The molecule has 0 radical (unpaired) electrons. The van der Waals surface area contributed by atoms with Gasteiger partial charge in [0.15, 0.2) is 5.78 Å². The Hall–Kier alpha value is 0.840. The van der Waals surface area contributed by atoms with Crippen molar-refractivity contribution >= 4 is 51.9 Å². The van der Waals surface area contributed by atoms with Crippen molar-refractivity contribution in [3.05, 3.63) is 10.3 Å². The van der Waals surface area contributed by atoms with Gasteiger partial charge >= 0.3 is 0 Å². The van der Waals surface area contributed by atoms with Crippen LogP contribution >= 0.6 is 46.1 Å². The molecule has 15 heavy (non-hydrogen) atoms. The lowest BCUT2D eigenvalue weighted by atomic mass is 9.91. The molecular formula is C11H17IOS2. The number of rotatable bonds is 2. The Morgan fingerprint density at radius 3 is 2.60 bits per heavy atom. The molecule has 1 atom stereocenters. The number of hydrogen-bond acceptors (Lipinski definition) is 3. The van der Waals surface area contributed by atoms with Crippen molar-refractivity contribution in [2.24, 2.45) is 5.41 Å². The number of ketones is 1. The van der Waals surface area contributed by atoms with Crippen LogP contribution in [0.5, 0.6) is 0 Å². The van der Waals surface area contributed by atoms with Gasteiger partial charge in [0.05, 0.1) is 0 Å². The van der Waals surface area contributed by atoms with E-state index in [1.165, 1.54) is 4.24 Å². The molecule has 0 aromatic carbocycles. The molecule has 0 amide bonds. The zero-order valence-corrected chi connectivity index (χ0v) is 13.4. The predicted octanol–water partition coefficient (Wildman–Crippen LogP) is 4.12. The van der Waals surface area contributed by atoms with E-state index in [-0.39, 0.29) is 11.2 Å². The Labute approximate surface area is 114 Å². The number of allylic oxidation sites excluding steroid dienone is 1. The zero-order valence-electron chi connectivity index (χ0n) is 9.59. The zero-order chi connectivity index (χ0) is 11.7. The van der Waals surface area contributed by atoms with Gasteiger partial charge in [0.2, 0.25) is 0 Å². The van der Waals surface area contributed by atoms with E-state index in [1.807, 2.05) is 50.4 Å². The molecule has 1 fully saturated rings. The molecule has 1 rings (SSSR count). The lowest BCUT2D eigenvalue weighted by Crippen LogP contribution is -2.20. The van der Waals surface area contributed by atoms with E-state index in [4.69, 9.17) is 0 Å². The van der Waals surface area contributed by atoms with Gasteiger partial charge in [-0.1, -0.05) is 43.4 Å². The summed E-state index contributed by atoms with van der Waals surface area (Å²) < 4.78 is 2.63. The monoisotopic (exact) mass is 356 g/mol. The van der Waals surface area contributed by atoms with Crippen LogP contribution in [0, 0.1) is 5.41 Å². The quantitative estimate of drug-likeness (QED) is 0.421. The molecule has 1 aliphatic rings. The summed E-state index contributed by atoms with van der Waals surface area (Å²) in [5.74, 6) is 1.35. The first-order valence-corrected chi connectivity index (χ1v) is 8.23. The van der Waals surface area contributed by atoms with E-state index >= 15 is 0 Å². The van der Waals surface area contributed by atoms with Gasteiger partial charge in [-0.2, -0.15) is 0 Å². The molecule has 0 spiro atoms. The topological polar surface area (TPSA) is 17.1 Å². The van der Waals surface area contributed by atoms with Crippen molar-refractivity contribution in [2.45, 2.75) is 32.4 Å². The SMILES string of the molecule is CC(C)(C)C(=O)/C=C1/SC[C@@](C)(CI)S1. The van der Waals surface area contributed by atoms with Crippen LogP contribution in [0.1, 0.15) is 27.7 Å². The summed E-state index contributed by atoms with van der Waals surface area (Å²) in [6.07, 6.45) is 1.83. The fraction of sp³-hybridized carbons (Fsp3) is 0.727. The number of carbonyl (C=O) groups is 1. The number of alkyl halides is 1. The second-order valence-electron chi connectivity index (χ2n) is 5.05. The van der Waals surface area contributed by atoms with Crippen LogP contribution in [0.3, 0.4) is 0 Å². The molecule has 0 aromatic heterocycles. The molecule has 1 aliphatic heterocycles. The summed E-state index contributed by atoms with van der Waals surface area (Å²) >= 11 is 6.09. The minimum Gasteiger partial charge on any atom is -0.294 e. The van der Waals surface area contributed by atoms with Crippen LogP contribution in [-0.2, 0) is 4.79 Å². The van der Waals surface area contributed by atoms with Crippen LogP contribution in [0.2, 0.25) is 0 Å². The number of halogens is 1. The third-order valence-electron chi connectivity index (χ3n) is 2.14. The average molecular weight is 356 g/mol. The Morgan fingerprint density at radius 1 is 1.60 bits per heavy atom. The van der Waals surface area contributed by atoms with Gasteiger partial charge in [0.25, 0.3) is 0 Å². The van der Waals surface area contributed by atoms with Gasteiger partial charge in [-0.15, -0.1) is 23.5 Å². The summed E-state index contributed by atoms with van der Waals surface area (Å²) in [5.41, 5.74) is -0.253. The Kier molecular flexibility index (Phi) is 4.64. The van der Waals surface area contributed by atoms with Gasteiger partial charge in [0, 0.05) is 30.7 Å². The fourth-order valence-corrected chi connectivity index (χ4v) is 4.96. The van der Waals surface area contributed by atoms with Crippen molar-refractivity contribution < 1.29 is 4.79 Å². The van der Waals surface area contributed by atoms with Crippen molar-refractivity contribution in [3.63, 3.8) is 0 Å². The van der Waals surface area contributed by atoms with Crippen molar-refractivity contribution in [3.8, 4) is 0 Å². The molecule has 1 nitrogen and oxygen atoms in total. The molecule has 0 aromatic rings. The lowest BCUT2D eigenvalue weighted by Gasteiger charge is -2.17. The highest BCUT2D eigenvalue weighted by atomic mass is 127. The maximum Gasteiger partial charge on any atom is 0.162 e. The highest BCUT2D eigenvalue weighted by Gasteiger charge is 2.33. The second-order valence-corrected chi connectivity index (χ2v) is 8.72. The van der Waals surface area contributed by atoms with Crippen molar-refractivity contribution in [1.29, 1.82) is 0 Å². The van der Waals surface area contributed by atoms with E-state index in [2.05, 4.69) is 29.5 Å². The summed E-state index contributed by atoms with van der Waals surface area (Å²) in [6.45, 7) is 8.16. The van der Waals surface area contributed by atoms with Crippen LogP contribution in [0.25, 0.3) is 0 Å². The largest absolute Gasteiger partial charge is 0.294 e. The fourth-order valence-electron chi connectivity index (χ4n) is 0.986. The van der Waals surface area contributed by atoms with E-state index in [9.17, 15) is 4.79 Å². The molecule has 0 saturated carbocycles. The van der Waals surface area contributed by atoms with E-state index < -0.39 is 0 Å². The maximum absolute atomic E-state index is 11.8. The van der Waals surface area contributed by atoms with Gasteiger partial charge in [-0.25, -0.2) is 0 Å². The van der Waals surface area contributed by atoms with Gasteiger partial charge in [-0.3, -0.25) is 4.79 Å². The number of hydrogen-bond donors (Lipinski definition) is 0. The first-order valence-electron chi connectivity index (χ1n) is 4.91. The first-order chi connectivity index (χ1) is 6.77. The molecule has 0 N–H and O–H groups in total. The number of carbonyl (C=O) groups excluding carboxylic acids is 1. The summed E-state index contributed by atoms with van der Waals surface area (Å²) in [7, 11) is 0. The number of thioether (sulfide) groups is 2. The normalized spacial score (nSPS) is 29.8. The summed E-state index contributed by atoms with van der Waals surface area (Å²) in [4.78, 5) is 11.8. The van der Waals surface area contributed by atoms with E-state index in [0.717, 1.165) is 10.2 Å². The minimum absolute atomic E-state index is 0.232. The summed E-state index contributed by atoms with van der Waals surface area (Å²) in [5, 5.41) is 0. The van der Waals surface area contributed by atoms with Crippen LogP contribution in [-0.4, -0.2) is 20.7 Å². The second kappa shape index (κ2) is 5.00.